The highest BCUT2D eigenvalue weighted by Gasteiger charge is 2.16. The Morgan fingerprint density at radius 1 is 1.41 bits per heavy atom. The van der Waals surface area contributed by atoms with Crippen LogP contribution in [0, 0.1) is 5.82 Å². The maximum atomic E-state index is 14.2. The Balaban J connectivity index is 0.00000182. The molecule has 0 bridgehead atoms. The van der Waals surface area contributed by atoms with E-state index in [2.05, 4.69) is 15.6 Å². The van der Waals surface area contributed by atoms with Crippen LogP contribution < -0.4 is 16.4 Å². The lowest BCUT2D eigenvalue weighted by Crippen LogP contribution is -2.19. The smallest absolute Gasteiger partial charge is 0.275 e. The number of carbonyl (C=O) groups is 1. The highest BCUT2D eigenvalue weighted by Crippen LogP contribution is 2.21. The van der Waals surface area contributed by atoms with E-state index < -0.39 is 5.82 Å². The second-order valence-corrected chi connectivity index (χ2v) is 6.77. The number of ether oxygens (including phenoxy) is 1. The summed E-state index contributed by atoms with van der Waals surface area (Å²) in [6.45, 7) is 1.83. The molecule has 150 valence electrons. The van der Waals surface area contributed by atoms with Gasteiger partial charge in [0.15, 0.2) is 0 Å². The third-order valence-corrected chi connectivity index (χ3v) is 4.82. The summed E-state index contributed by atoms with van der Waals surface area (Å²) in [5.74, 6) is -0.781. The number of benzene rings is 1. The molecule has 10 heteroatoms. The average Bonchev–Trinajstić information content (AvgIpc) is 3.26. The molecule has 0 radical (unpaired) electrons. The number of nitrogens with one attached hydrogen (secondary N) is 2. The number of carbonyl (C=O) groups excluding carboxylic acids is 1. The first-order chi connectivity index (χ1) is 12.2. The quantitative estimate of drug-likeness (QED) is 0.617. The van der Waals surface area contributed by atoms with Crippen molar-refractivity contribution in [2.75, 3.05) is 30.3 Å². The minimum absolute atomic E-state index is 0. The van der Waals surface area contributed by atoms with Crippen molar-refractivity contribution in [1.29, 1.82) is 0 Å². The highest BCUT2D eigenvalue weighted by atomic mass is 35.5. The number of anilines is 2. The molecule has 2 heterocycles. The zero-order valence-corrected chi connectivity index (χ0v) is 17.0. The Kier molecular flexibility index (Phi) is 9.97. The van der Waals surface area contributed by atoms with Crippen LogP contribution in [0.25, 0.3) is 0 Å². The van der Waals surface area contributed by atoms with Gasteiger partial charge in [0.2, 0.25) is 0 Å². The van der Waals surface area contributed by atoms with E-state index in [1.807, 2.05) is 0 Å². The minimum Gasteiger partial charge on any atom is -0.380 e. The molecule has 3 rings (SSSR count). The number of aromatic nitrogens is 1. The second-order valence-electron chi connectivity index (χ2n) is 5.83. The number of amides is 1. The van der Waals surface area contributed by atoms with Gasteiger partial charge in [0.05, 0.1) is 16.8 Å². The second kappa shape index (κ2) is 11.4. The summed E-state index contributed by atoms with van der Waals surface area (Å²) in [6, 6.07) is 4.57. The largest absolute Gasteiger partial charge is 0.380 e. The lowest BCUT2D eigenvalue weighted by atomic mass is 10.2. The van der Waals surface area contributed by atoms with E-state index in [-0.39, 0.29) is 36.8 Å². The summed E-state index contributed by atoms with van der Waals surface area (Å²) < 4.78 is 19.7. The van der Waals surface area contributed by atoms with Crippen molar-refractivity contribution in [2.45, 2.75) is 25.4 Å². The highest BCUT2D eigenvalue weighted by molar-refractivity contribution is 7.09. The van der Waals surface area contributed by atoms with Crippen molar-refractivity contribution in [3.8, 4) is 0 Å². The average molecular weight is 437 g/mol. The SMILES string of the molecule is Cl.Cl.NCCc1nc(C(=O)Nc2ccc(NCC3CCCO3)c(F)c2)cs1. The molecule has 1 atom stereocenters. The molecule has 1 aromatic heterocycles. The van der Waals surface area contributed by atoms with Crippen LogP contribution in [0.2, 0.25) is 0 Å². The number of nitrogens with two attached hydrogens (primary N) is 1. The summed E-state index contributed by atoms with van der Waals surface area (Å²) >= 11 is 1.39. The first kappa shape index (κ1) is 23.6. The number of hydrogen-bond donors (Lipinski definition) is 3. The van der Waals surface area contributed by atoms with Gasteiger partial charge in [-0.25, -0.2) is 9.37 Å². The molecule has 4 N–H and O–H groups in total. The van der Waals surface area contributed by atoms with Gasteiger partial charge in [-0.15, -0.1) is 36.2 Å². The summed E-state index contributed by atoms with van der Waals surface area (Å²) in [5, 5.41) is 8.20. The monoisotopic (exact) mass is 436 g/mol. The Morgan fingerprint density at radius 3 is 2.89 bits per heavy atom. The topological polar surface area (TPSA) is 89.3 Å². The molecule has 1 unspecified atom stereocenters. The van der Waals surface area contributed by atoms with E-state index in [1.54, 1.807) is 17.5 Å². The molecule has 1 saturated heterocycles. The van der Waals surface area contributed by atoms with Crippen LogP contribution in [0.3, 0.4) is 0 Å². The fraction of sp³-hybridized carbons (Fsp3) is 0.412. The Labute approximate surface area is 173 Å². The lowest BCUT2D eigenvalue weighted by molar-refractivity contribution is 0.102. The lowest BCUT2D eigenvalue weighted by Gasteiger charge is -2.13. The summed E-state index contributed by atoms with van der Waals surface area (Å²) in [6.07, 6.45) is 2.80. The number of nitrogens with zero attached hydrogens (tertiary/aromatic N) is 1. The van der Waals surface area contributed by atoms with Gasteiger partial charge in [-0.2, -0.15) is 0 Å². The van der Waals surface area contributed by atoms with E-state index in [4.69, 9.17) is 10.5 Å². The van der Waals surface area contributed by atoms with Crippen LogP contribution in [-0.2, 0) is 11.2 Å². The van der Waals surface area contributed by atoms with Crippen molar-refractivity contribution in [3.05, 3.63) is 40.1 Å². The molecular formula is C17H23Cl2FN4O2S. The Morgan fingerprint density at radius 2 is 2.22 bits per heavy atom. The van der Waals surface area contributed by atoms with Gasteiger partial charge in [-0.3, -0.25) is 4.79 Å². The van der Waals surface area contributed by atoms with Gasteiger partial charge < -0.3 is 21.1 Å². The molecule has 1 fully saturated rings. The maximum Gasteiger partial charge on any atom is 0.275 e. The van der Waals surface area contributed by atoms with Gasteiger partial charge >= 0.3 is 0 Å². The summed E-state index contributed by atoms with van der Waals surface area (Å²) in [4.78, 5) is 16.4. The van der Waals surface area contributed by atoms with Crippen molar-refractivity contribution in [3.63, 3.8) is 0 Å². The maximum absolute atomic E-state index is 14.2. The predicted octanol–water partition coefficient (Wildman–Crippen LogP) is 3.47. The molecule has 1 aliphatic heterocycles. The van der Waals surface area contributed by atoms with Crippen molar-refractivity contribution < 1.29 is 13.9 Å². The fourth-order valence-electron chi connectivity index (χ4n) is 2.61. The van der Waals surface area contributed by atoms with Gasteiger partial charge in [0, 0.05) is 30.6 Å². The molecule has 0 spiro atoms. The van der Waals surface area contributed by atoms with Crippen LogP contribution in [0.4, 0.5) is 15.8 Å². The molecule has 1 aromatic carbocycles. The first-order valence-corrected chi connectivity index (χ1v) is 9.14. The predicted molar refractivity (Wildman–Crippen MR) is 111 cm³/mol. The number of thiazole rings is 1. The first-order valence-electron chi connectivity index (χ1n) is 8.26. The van der Waals surface area contributed by atoms with Gasteiger partial charge in [-0.05, 0) is 37.6 Å². The Bertz CT molecular complexity index is 741. The van der Waals surface area contributed by atoms with Crippen molar-refractivity contribution >= 4 is 53.4 Å². The standard InChI is InChI=1S/C17H21FN4O2S.2ClH/c18-13-8-11(3-4-14(13)20-9-12-2-1-7-24-12)21-17(23)15-10-25-16(22-15)5-6-19;;/h3-4,8,10,12,20H,1-2,5-7,9,19H2,(H,21,23);2*1H. The van der Waals surface area contributed by atoms with Crippen LogP contribution in [0.1, 0.15) is 28.3 Å². The van der Waals surface area contributed by atoms with Crippen LogP contribution in [0.5, 0.6) is 0 Å². The van der Waals surface area contributed by atoms with Crippen LogP contribution >= 0.6 is 36.2 Å². The fourth-order valence-corrected chi connectivity index (χ4v) is 3.41. The third-order valence-electron chi connectivity index (χ3n) is 3.91. The Hall–Kier alpha value is -1.45. The molecule has 27 heavy (non-hydrogen) atoms. The van der Waals surface area contributed by atoms with Crippen molar-refractivity contribution in [2.24, 2.45) is 5.73 Å². The van der Waals surface area contributed by atoms with Crippen molar-refractivity contribution in [1.82, 2.24) is 4.98 Å². The number of halogens is 3. The van der Waals surface area contributed by atoms with Gasteiger partial charge in [-0.1, -0.05) is 0 Å². The molecule has 0 aliphatic carbocycles. The zero-order valence-electron chi connectivity index (χ0n) is 14.6. The summed E-state index contributed by atoms with van der Waals surface area (Å²) in [7, 11) is 0. The molecule has 6 nitrogen and oxygen atoms in total. The van der Waals surface area contributed by atoms with E-state index in [0.717, 1.165) is 24.5 Å². The summed E-state index contributed by atoms with van der Waals surface area (Å²) in [5.41, 5.74) is 6.57. The third kappa shape index (κ3) is 6.58. The van der Waals surface area contributed by atoms with E-state index in [1.165, 1.54) is 17.4 Å². The molecule has 2 aromatic rings. The molecular weight excluding hydrogens is 414 g/mol. The number of hydrogen-bond acceptors (Lipinski definition) is 6. The molecule has 0 saturated carbocycles. The normalized spacial score (nSPS) is 15.6. The van der Waals surface area contributed by atoms with E-state index >= 15 is 0 Å². The zero-order chi connectivity index (χ0) is 17.6. The van der Waals surface area contributed by atoms with Crippen LogP contribution in [-0.4, -0.2) is 36.7 Å². The van der Waals surface area contributed by atoms with Crippen LogP contribution in [0.15, 0.2) is 23.6 Å². The minimum atomic E-state index is -0.419. The van der Waals surface area contributed by atoms with E-state index in [0.29, 0.717) is 36.6 Å². The van der Waals surface area contributed by atoms with Gasteiger partial charge in [0.1, 0.15) is 11.5 Å². The van der Waals surface area contributed by atoms with Gasteiger partial charge in [0.25, 0.3) is 5.91 Å². The number of rotatable bonds is 7. The molecule has 1 aliphatic rings. The molecule has 1 amide bonds. The van der Waals surface area contributed by atoms with E-state index in [9.17, 15) is 9.18 Å².